The van der Waals surface area contributed by atoms with Crippen LogP contribution >= 0.6 is 0 Å². The summed E-state index contributed by atoms with van der Waals surface area (Å²) in [6, 6.07) is 18.0. The van der Waals surface area contributed by atoms with Crippen LogP contribution in [-0.4, -0.2) is 24.7 Å². The predicted octanol–water partition coefficient (Wildman–Crippen LogP) is 2.95. The lowest BCUT2D eigenvalue weighted by atomic mass is 9.92. The first kappa shape index (κ1) is 13.9. The molecule has 1 atom stereocenters. The van der Waals surface area contributed by atoms with Crippen LogP contribution in [-0.2, 0) is 20.0 Å². The van der Waals surface area contributed by atoms with E-state index in [0.29, 0.717) is 13.2 Å². The summed E-state index contributed by atoms with van der Waals surface area (Å²) in [7, 11) is 0. The minimum absolute atomic E-state index is 0.464. The Bertz CT molecular complexity index is 606. The van der Waals surface area contributed by atoms with E-state index in [4.69, 9.17) is 9.68 Å². The molecular weight excluding hydrogens is 266 g/mol. The zero-order valence-electron chi connectivity index (χ0n) is 11.9. The Labute approximate surface area is 123 Å². The third kappa shape index (κ3) is 2.61. The molecule has 1 saturated heterocycles. The maximum absolute atomic E-state index is 11.6. The molecule has 108 valence electrons. The highest BCUT2D eigenvalue weighted by Gasteiger charge is 2.38. The molecule has 0 aromatic heterocycles. The van der Waals surface area contributed by atoms with E-state index in [1.165, 1.54) is 5.23 Å². The van der Waals surface area contributed by atoms with Gasteiger partial charge in [-0.3, -0.25) is 9.68 Å². The molecule has 0 saturated carbocycles. The van der Waals surface area contributed by atoms with Gasteiger partial charge in [0.1, 0.15) is 6.29 Å². The van der Waals surface area contributed by atoms with Crippen LogP contribution in [0.5, 0.6) is 0 Å². The number of hydrogen-bond donors (Lipinski definition) is 0. The number of carbonyl (C=O) groups excluding carboxylic acids is 1. The summed E-state index contributed by atoms with van der Waals surface area (Å²) in [5.41, 5.74) is 2.14. The van der Waals surface area contributed by atoms with Crippen molar-refractivity contribution < 1.29 is 14.5 Å². The Balaban J connectivity index is 1.90. The fraction of sp³-hybridized carbons (Fsp3) is 0.235. The van der Waals surface area contributed by atoms with Crippen molar-refractivity contribution in [1.29, 1.82) is 0 Å². The molecule has 2 aromatic carbocycles. The van der Waals surface area contributed by atoms with E-state index in [1.807, 2.05) is 42.5 Å². The zero-order valence-corrected chi connectivity index (χ0v) is 11.9. The van der Waals surface area contributed by atoms with Gasteiger partial charge in [0.2, 0.25) is 0 Å². The molecule has 0 bridgehead atoms. The van der Waals surface area contributed by atoms with E-state index in [1.54, 1.807) is 6.92 Å². The van der Waals surface area contributed by atoms with E-state index in [0.717, 1.165) is 23.0 Å². The summed E-state index contributed by atoms with van der Waals surface area (Å²) in [6.07, 6.45) is 0.843. The number of nitrogens with zero attached hydrogens (tertiary/aromatic N) is 1. The van der Waals surface area contributed by atoms with Gasteiger partial charge in [0.25, 0.3) is 0 Å². The molecule has 4 nitrogen and oxygen atoms in total. The molecule has 0 spiro atoms. The fourth-order valence-corrected chi connectivity index (χ4v) is 2.39. The van der Waals surface area contributed by atoms with Crippen LogP contribution in [0.3, 0.4) is 0 Å². The zero-order chi connectivity index (χ0) is 14.7. The molecule has 21 heavy (non-hydrogen) atoms. The van der Waals surface area contributed by atoms with Crippen molar-refractivity contribution in [2.45, 2.75) is 12.5 Å². The Morgan fingerprint density at radius 1 is 0.952 bits per heavy atom. The molecular formula is C17H17NO3. The molecule has 2 aromatic rings. The van der Waals surface area contributed by atoms with Gasteiger partial charge in [-0.05, 0) is 28.8 Å². The second kappa shape index (κ2) is 5.77. The average molecular weight is 283 g/mol. The Hall–Kier alpha value is -2.01. The smallest absolute Gasteiger partial charge is 0.151 e. The standard InChI is InChI=1S/C17H17NO3/c1-17(13-19,18-20-11-12-21-18)16-9-7-15(8-10-16)14-5-3-2-4-6-14/h2-10,13H,11-12H2,1H3. The van der Waals surface area contributed by atoms with E-state index in [-0.39, 0.29) is 0 Å². The molecule has 3 rings (SSSR count). The minimum atomic E-state index is -0.939. The number of carbonyl (C=O) groups is 1. The highest BCUT2D eigenvalue weighted by atomic mass is 17.0. The largest absolute Gasteiger partial charge is 0.301 e. The topological polar surface area (TPSA) is 38.8 Å². The molecule has 4 heteroatoms. The molecule has 1 aliphatic heterocycles. The SMILES string of the molecule is CC(C=O)(c1ccc(-c2ccccc2)cc1)N1OCCO1. The average Bonchev–Trinajstić information content (AvgIpc) is 3.10. The molecule has 0 amide bonds. The van der Waals surface area contributed by atoms with E-state index in [2.05, 4.69) is 12.1 Å². The van der Waals surface area contributed by atoms with Gasteiger partial charge in [-0.25, -0.2) is 0 Å². The summed E-state index contributed by atoms with van der Waals surface area (Å²) in [6.45, 7) is 2.71. The van der Waals surface area contributed by atoms with Gasteiger partial charge in [0.05, 0.1) is 13.2 Å². The number of hydrogen-bond acceptors (Lipinski definition) is 4. The maximum Gasteiger partial charge on any atom is 0.151 e. The highest BCUT2D eigenvalue weighted by molar-refractivity contribution is 5.69. The third-order valence-corrected chi connectivity index (χ3v) is 3.69. The van der Waals surface area contributed by atoms with Crippen LogP contribution in [0.15, 0.2) is 54.6 Å². The molecule has 1 unspecified atom stereocenters. The maximum atomic E-state index is 11.6. The minimum Gasteiger partial charge on any atom is -0.301 e. The first-order valence-corrected chi connectivity index (χ1v) is 6.92. The van der Waals surface area contributed by atoms with Crippen LogP contribution < -0.4 is 0 Å². The first-order valence-electron chi connectivity index (χ1n) is 6.92. The van der Waals surface area contributed by atoms with Gasteiger partial charge in [-0.15, -0.1) is 0 Å². The van der Waals surface area contributed by atoms with Crippen molar-refractivity contribution in [2.24, 2.45) is 0 Å². The fourth-order valence-electron chi connectivity index (χ4n) is 2.39. The van der Waals surface area contributed by atoms with Crippen molar-refractivity contribution >= 4 is 6.29 Å². The summed E-state index contributed by atoms with van der Waals surface area (Å²) in [5, 5.41) is 1.29. The van der Waals surface area contributed by atoms with Gasteiger partial charge in [0, 0.05) is 0 Å². The van der Waals surface area contributed by atoms with E-state index >= 15 is 0 Å². The lowest BCUT2D eigenvalue weighted by molar-refractivity contribution is -0.343. The van der Waals surface area contributed by atoms with Crippen molar-refractivity contribution in [2.75, 3.05) is 13.2 Å². The predicted molar refractivity (Wildman–Crippen MR) is 79.0 cm³/mol. The molecule has 1 aliphatic rings. The third-order valence-electron chi connectivity index (χ3n) is 3.69. The Morgan fingerprint density at radius 2 is 1.52 bits per heavy atom. The summed E-state index contributed by atoms with van der Waals surface area (Å²) in [4.78, 5) is 22.3. The van der Waals surface area contributed by atoms with Gasteiger partial charge < -0.3 is 4.79 Å². The van der Waals surface area contributed by atoms with Crippen LogP contribution in [0.2, 0.25) is 0 Å². The second-order valence-electron chi connectivity index (χ2n) is 5.13. The van der Waals surface area contributed by atoms with Crippen LogP contribution in [0, 0.1) is 0 Å². The summed E-state index contributed by atoms with van der Waals surface area (Å²) < 4.78 is 0. The van der Waals surface area contributed by atoms with Gasteiger partial charge in [0.15, 0.2) is 5.54 Å². The van der Waals surface area contributed by atoms with E-state index in [9.17, 15) is 4.79 Å². The molecule has 1 heterocycles. The molecule has 0 aliphatic carbocycles. The van der Waals surface area contributed by atoms with Gasteiger partial charge in [-0.1, -0.05) is 54.6 Å². The number of hydroxylamine groups is 2. The van der Waals surface area contributed by atoms with Crippen molar-refractivity contribution in [1.82, 2.24) is 5.23 Å². The monoisotopic (exact) mass is 283 g/mol. The van der Waals surface area contributed by atoms with Gasteiger partial charge >= 0.3 is 0 Å². The quantitative estimate of drug-likeness (QED) is 0.809. The molecule has 1 fully saturated rings. The van der Waals surface area contributed by atoms with Crippen LogP contribution in [0.25, 0.3) is 11.1 Å². The molecule has 0 N–H and O–H groups in total. The van der Waals surface area contributed by atoms with Crippen LogP contribution in [0.4, 0.5) is 0 Å². The first-order chi connectivity index (χ1) is 10.2. The summed E-state index contributed by atoms with van der Waals surface area (Å²) >= 11 is 0. The number of aldehydes is 1. The number of benzene rings is 2. The lowest BCUT2D eigenvalue weighted by Crippen LogP contribution is -2.42. The summed E-state index contributed by atoms with van der Waals surface area (Å²) in [5.74, 6) is 0. The Morgan fingerprint density at radius 3 is 2.10 bits per heavy atom. The number of rotatable bonds is 4. The van der Waals surface area contributed by atoms with Crippen LogP contribution in [0.1, 0.15) is 12.5 Å². The normalized spacial score (nSPS) is 18.3. The van der Waals surface area contributed by atoms with Crippen molar-refractivity contribution in [3.63, 3.8) is 0 Å². The molecule has 0 radical (unpaired) electrons. The second-order valence-corrected chi connectivity index (χ2v) is 5.13. The van der Waals surface area contributed by atoms with Crippen molar-refractivity contribution in [3.8, 4) is 11.1 Å². The van der Waals surface area contributed by atoms with Gasteiger partial charge in [-0.2, -0.15) is 0 Å². The lowest BCUT2D eigenvalue weighted by Gasteiger charge is -2.30. The Kier molecular flexibility index (Phi) is 3.84. The van der Waals surface area contributed by atoms with Crippen molar-refractivity contribution in [3.05, 3.63) is 60.2 Å². The highest BCUT2D eigenvalue weighted by Crippen LogP contribution is 2.30. The van der Waals surface area contributed by atoms with E-state index < -0.39 is 5.54 Å².